The number of rotatable bonds is 8. The summed E-state index contributed by atoms with van der Waals surface area (Å²) in [6, 6.07) is 0.421. The molecule has 0 aromatic heterocycles. The summed E-state index contributed by atoms with van der Waals surface area (Å²) in [6.07, 6.45) is 0. The number of ether oxygens (including phenoxy) is 2. The van der Waals surface area contributed by atoms with Crippen LogP contribution < -0.4 is 5.32 Å². The summed E-state index contributed by atoms with van der Waals surface area (Å²) in [5, 5.41) is 3.15. The van der Waals surface area contributed by atoms with Crippen molar-refractivity contribution in [1.29, 1.82) is 0 Å². The quantitative estimate of drug-likeness (QED) is 0.575. The van der Waals surface area contributed by atoms with Gasteiger partial charge in [0.15, 0.2) is 0 Å². The Hall–Kier alpha value is -0.160. The predicted molar refractivity (Wildman–Crippen MR) is 54.1 cm³/mol. The van der Waals surface area contributed by atoms with Gasteiger partial charge >= 0.3 is 0 Å². The maximum absolute atomic E-state index is 5.14. The zero-order valence-corrected chi connectivity index (χ0v) is 9.17. The van der Waals surface area contributed by atoms with Crippen molar-refractivity contribution < 1.29 is 9.47 Å². The van der Waals surface area contributed by atoms with Gasteiger partial charge in [-0.2, -0.15) is 0 Å². The van der Waals surface area contributed by atoms with Crippen LogP contribution in [0, 0.1) is 0 Å². The van der Waals surface area contributed by atoms with Crippen molar-refractivity contribution in [3.8, 4) is 0 Å². The Morgan fingerprint density at radius 1 is 1.31 bits per heavy atom. The maximum Gasteiger partial charge on any atom is 0.0630 e. The Balaban J connectivity index is 3.72. The molecule has 0 aliphatic carbocycles. The van der Waals surface area contributed by atoms with E-state index in [0.29, 0.717) is 6.04 Å². The van der Waals surface area contributed by atoms with Crippen LogP contribution in [0.25, 0.3) is 0 Å². The Labute approximate surface area is 81.2 Å². The van der Waals surface area contributed by atoms with Crippen LogP contribution in [0.5, 0.6) is 0 Å². The molecule has 0 saturated carbocycles. The smallest absolute Gasteiger partial charge is 0.0630 e. The van der Waals surface area contributed by atoms with E-state index >= 15 is 0 Å². The van der Waals surface area contributed by atoms with Crippen LogP contribution in [0.4, 0.5) is 0 Å². The Bertz CT molecular complexity index is 106. The first-order chi connectivity index (χ1) is 6.26. The summed E-state index contributed by atoms with van der Waals surface area (Å²) >= 11 is 0. The maximum atomic E-state index is 5.14. The molecule has 0 aliphatic rings. The minimum Gasteiger partial charge on any atom is -0.383 e. The highest BCUT2D eigenvalue weighted by Crippen LogP contribution is 1.95. The Morgan fingerprint density at radius 3 is 2.46 bits per heavy atom. The van der Waals surface area contributed by atoms with Crippen LogP contribution in [0.15, 0.2) is 0 Å². The molecule has 0 bridgehead atoms. The molecule has 4 nitrogen and oxygen atoms in total. The van der Waals surface area contributed by atoms with E-state index in [2.05, 4.69) is 17.3 Å². The number of likely N-dealkylation sites (N-methyl/N-ethyl adjacent to an activating group) is 2. The van der Waals surface area contributed by atoms with Crippen molar-refractivity contribution in [2.45, 2.75) is 6.04 Å². The van der Waals surface area contributed by atoms with E-state index in [4.69, 9.17) is 9.47 Å². The van der Waals surface area contributed by atoms with Crippen molar-refractivity contribution in [2.75, 3.05) is 54.6 Å². The number of nitrogens with zero attached hydrogens (tertiary/aromatic N) is 1. The van der Waals surface area contributed by atoms with Crippen LogP contribution in [-0.2, 0) is 9.47 Å². The molecule has 0 saturated heterocycles. The van der Waals surface area contributed by atoms with Gasteiger partial charge in [-0.15, -0.1) is 0 Å². The second-order valence-corrected chi connectivity index (χ2v) is 3.14. The molecule has 0 aliphatic heterocycles. The first kappa shape index (κ1) is 12.8. The highest BCUT2D eigenvalue weighted by Gasteiger charge is 2.12. The van der Waals surface area contributed by atoms with Crippen LogP contribution in [0.1, 0.15) is 0 Å². The molecule has 0 aromatic carbocycles. The lowest BCUT2D eigenvalue weighted by atomic mass is 10.2. The number of hydrogen-bond acceptors (Lipinski definition) is 4. The van der Waals surface area contributed by atoms with E-state index in [-0.39, 0.29) is 0 Å². The van der Waals surface area contributed by atoms with Gasteiger partial charge in [-0.05, 0) is 14.1 Å². The first-order valence-electron chi connectivity index (χ1n) is 4.59. The van der Waals surface area contributed by atoms with Crippen molar-refractivity contribution >= 4 is 0 Å². The van der Waals surface area contributed by atoms with Crippen molar-refractivity contribution in [2.24, 2.45) is 0 Å². The van der Waals surface area contributed by atoms with Gasteiger partial charge < -0.3 is 14.8 Å². The molecule has 13 heavy (non-hydrogen) atoms. The number of nitrogens with one attached hydrogen (secondary N) is 1. The Kier molecular flexibility index (Phi) is 8.33. The topological polar surface area (TPSA) is 33.7 Å². The normalized spacial score (nSPS) is 13.6. The number of hydrogen-bond donors (Lipinski definition) is 1. The highest BCUT2D eigenvalue weighted by atomic mass is 16.5. The molecule has 0 aromatic rings. The lowest BCUT2D eigenvalue weighted by Crippen LogP contribution is -2.43. The average Bonchev–Trinajstić information content (AvgIpc) is 2.14. The van der Waals surface area contributed by atoms with E-state index in [1.807, 2.05) is 7.05 Å². The molecule has 0 rings (SSSR count). The van der Waals surface area contributed by atoms with E-state index in [9.17, 15) is 0 Å². The van der Waals surface area contributed by atoms with Crippen molar-refractivity contribution in [3.05, 3.63) is 0 Å². The number of methoxy groups -OCH3 is 2. The molecule has 0 heterocycles. The molecule has 0 spiro atoms. The molecule has 1 unspecified atom stereocenters. The first-order valence-corrected chi connectivity index (χ1v) is 4.59. The molecule has 0 amide bonds. The summed E-state index contributed by atoms with van der Waals surface area (Å²) in [6.45, 7) is 3.39. The minimum atomic E-state index is 0.421. The molecule has 0 radical (unpaired) electrons. The van der Waals surface area contributed by atoms with Gasteiger partial charge in [0.25, 0.3) is 0 Å². The van der Waals surface area contributed by atoms with Gasteiger partial charge in [-0.25, -0.2) is 0 Å². The van der Waals surface area contributed by atoms with Crippen LogP contribution in [0.2, 0.25) is 0 Å². The molecule has 1 N–H and O–H groups in total. The monoisotopic (exact) mass is 190 g/mol. The summed E-state index contributed by atoms with van der Waals surface area (Å²) in [4.78, 5) is 2.24. The second kappa shape index (κ2) is 8.44. The zero-order chi connectivity index (χ0) is 10.1. The van der Waals surface area contributed by atoms with Gasteiger partial charge in [-0.1, -0.05) is 0 Å². The SMILES string of the molecule is CNCC(COC)N(C)CCOC. The minimum absolute atomic E-state index is 0.421. The third kappa shape index (κ3) is 5.99. The standard InChI is InChI=1S/C9H22N2O2/c1-10-7-9(8-13-4)11(2)5-6-12-3/h9-10H,5-8H2,1-4H3. The van der Waals surface area contributed by atoms with Gasteiger partial charge in [0.2, 0.25) is 0 Å². The molecular weight excluding hydrogens is 168 g/mol. The average molecular weight is 190 g/mol. The Morgan fingerprint density at radius 2 is 2.00 bits per heavy atom. The molecule has 1 atom stereocenters. The fourth-order valence-corrected chi connectivity index (χ4v) is 1.19. The highest BCUT2D eigenvalue weighted by molar-refractivity contribution is 4.69. The van der Waals surface area contributed by atoms with Crippen molar-refractivity contribution in [3.63, 3.8) is 0 Å². The lowest BCUT2D eigenvalue weighted by molar-refractivity contribution is 0.0840. The summed E-state index contributed by atoms with van der Waals surface area (Å²) in [5.74, 6) is 0. The van der Waals surface area contributed by atoms with E-state index in [0.717, 1.165) is 26.3 Å². The van der Waals surface area contributed by atoms with E-state index < -0.39 is 0 Å². The van der Waals surface area contributed by atoms with E-state index in [1.165, 1.54) is 0 Å². The molecular formula is C9H22N2O2. The fraction of sp³-hybridized carbons (Fsp3) is 1.00. The predicted octanol–water partition coefficient (Wildman–Crippen LogP) is -0.201. The van der Waals surface area contributed by atoms with Gasteiger partial charge in [0.05, 0.1) is 13.2 Å². The summed E-state index contributed by atoms with van der Waals surface area (Å²) < 4.78 is 10.2. The van der Waals surface area contributed by atoms with Gasteiger partial charge in [0, 0.05) is 33.4 Å². The summed E-state index contributed by atoms with van der Waals surface area (Å²) in [7, 11) is 7.48. The molecule has 80 valence electrons. The summed E-state index contributed by atoms with van der Waals surface area (Å²) in [5.41, 5.74) is 0. The molecule has 0 fully saturated rings. The largest absolute Gasteiger partial charge is 0.383 e. The fourth-order valence-electron chi connectivity index (χ4n) is 1.19. The van der Waals surface area contributed by atoms with Crippen LogP contribution in [0.3, 0.4) is 0 Å². The van der Waals surface area contributed by atoms with E-state index in [1.54, 1.807) is 14.2 Å². The second-order valence-electron chi connectivity index (χ2n) is 3.14. The third-order valence-corrected chi connectivity index (χ3v) is 2.07. The van der Waals surface area contributed by atoms with Gasteiger partial charge in [0.1, 0.15) is 0 Å². The van der Waals surface area contributed by atoms with Gasteiger partial charge in [-0.3, -0.25) is 4.90 Å². The van der Waals surface area contributed by atoms with Crippen molar-refractivity contribution in [1.82, 2.24) is 10.2 Å². The lowest BCUT2D eigenvalue weighted by Gasteiger charge is -2.26. The zero-order valence-electron chi connectivity index (χ0n) is 9.17. The third-order valence-electron chi connectivity index (χ3n) is 2.07. The molecule has 4 heteroatoms. The van der Waals surface area contributed by atoms with Crippen LogP contribution >= 0.6 is 0 Å². The van der Waals surface area contributed by atoms with Crippen LogP contribution in [-0.4, -0.2) is 65.6 Å².